The van der Waals surface area contributed by atoms with Crippen molar-refractivity contribution in [1.29, 1.82) is 0 Å². The molecule has 0 spiro atoms. The van der Waals surface area contributed by atoms with E-state index in [2.05, 4.69) is 12.2 Å². The minimum Gasteiger partial charge on any atom is -0.466 e. The molecule has 0 radical (unpaired) electrons. The summed E-state index contributed by atoms with van der Waals surface area (Å²) in [5.74, 6) is 0.0424. The first-order valence-electron chi connectivity index (χ1n) is 5.50. The molecule has 0 aromatic heterocycles. The van der Waals surface area contributed by atoms with Gasteiger partial charge in [0.2, 0.25) is 0 Å². The van der Waals surface area contributed by atoms with Gasteiger partial charge in [-0.25, -0.2) is 0 Å². The Morgan fingerprint density at radius 1 is 1.27 bits per heavy atom. The Morgan fingerprint density at radius 3 is 2.40 bits per heavy atom. The lowest BCUT2D eigenvalue weighted by molar-refractivity contribution is -0.152. The molecule has 3 heteroatoms. The lowest BCUT2D eigenvalue weighted by Crippen LogP contribution is -2.33. The van der Waals surface area contributed by atoms with Crippen LogP contribution in [0.4, 0.5) is 0 Å². The smallest absolute Gasteiger partial charge is 0.310 e. The highest BCUT2D eigenvalue weighted by atomic mass is 16.5. The van der Waals surface area contributed by atoms with Crippen molar-refractivity contribution < 1.29 is 14.3 Å². The lowest BCUT2D eigenvalue weighted by atomic mass is 9.81. The Kier molecular flexibility index (Phi) is 2.63. The molecule has 4 atom stereocenters. The van der Waals surface area contributed by atoms with Crippen molar-refractivity contribution in [1.82, 2.24) is 0 Å². The monoisotopic (exact) mass is 208 g/mol. The SMILES string of the molecule is CCOC(=O)[C@H]1[C@@H](C(C)=O)[C@@H]2C=C[C@H]1C2. The fraction of sp³-hybridized carbons (Fsp3) is 0.667. The van der Waals surface area contributed by atoms with E-state index in [0.717, 1.165) is 6.42 Å². The molecule has 0 aromatic carbocycles. The van der Waals surface area contributed by atoms with Crippen molar-refractivity contribution in [3.63, 3.8) is 0 Å². The van der Waals surface area contributed by atoms with Crippen LogP contribution in [-0.4, -0.2) is 18.4 Å². The molecule has 0 heterocycles. The number of rotatable bonds is 3. The van der Waals surface area contributed by atoms with Gasteiger partial charge in [-0.1, -0.05) is 12.2 Å². The maximum atomic E-state index is 11.7. The number of Topliss-reactive ketones (excluding diaryl/α,β-unsaturated/α-hetero) is 1. The molecule has 0 aliphatic heterocycles. The molecule has 0 amide bonds. The van der Waals surface area contributed by atoms with Gasteiger partial charge in [-0.05, 0) is 32.1 Å². The van der Waals surface area contributed by atoms with Crippen LogP contribution in [0.1, 0.15) is 20.3 Å². The summed E-state index contributed by atoms with van der Waals surface area (Å²) in [7, 11) is 0. The van der Waals surface area contributed by atoms with Gasteiger partial charge in [0.25, 0.3) is 0 Å². The van der Waals surface area contributed by atoms with Gasteiger partial charge in [0.1, 0.15) is 5.78 Å². The molecule has 0 unspecified atom stereocenters. The third kappa shape index (κ3) is 1.60. The van der Waals surface area contributed by atoms with Crippen LogP contribution in [0.2, 0.25) is 0 Å². The van der Waals surface area contributed by atoms with Gasteiger partial charge >= 0.3 is 5.97 Å². The normalized spacial score (nSPS) is 36.9. The predicted octanol–water partition coefficient (Wildman–Crippen LogP) is 1.58. The third-order valence-corrected chi connectivity index (χ3v) is 3.49. The first-order chi connectivity index (χ1) is 7.15. The van der Waals surface area contributed by atoms with E-state index in [0.29, 0.717) is 6.61 Å². The highest BCUT2D eigenvalue weighted by Crippen LogP contribution is 2.48. The van der Waals surface area contributed by atoms with Crippen molar-refractivity contribution in [2.45, 2.75) is 20.3 Å². The summed E-state index contributed by atoms with van der Waals surface area (Å²) in [5.41, 5.74) is 0. The second-order valence-electron chi connectivity index (χ2n) is 4.36. The maximum absolute atomic E-state index is 11.7. The summed E-state index contributed by atoms with van der Waals surface area (Å²) in [6.45, 7) is 3.76. The fourth-order valence-corrected chi connectivity index (χ4v) is 2.94. The lowest BCUT2D eigenvalue weighted by Gasteiger charge is -2.23. The number of esters is 1. The van der Waals surface area contributed by atoms with E-state index in [4.69, 9.17) is 4.74 Å². The molecule has 0 aromatic rings. The molecule has 1 fully saturated rings. The van der Waals surface area contributed by atoms with E-state index >= 15 is 0 Å². The minimum atomic E-state index is -0.225. The summed E-state index contributed by atoms with van der Waals surface area (Å²) in [6, 6.07) is 0. The Labute approximate surface area is 89.5 Å². The second-order valence-corrected chi connectivity index (χ2v) is 4.36. The van der Waals surface area contributed by atoms with Gasteiger partial charge in [0.05, 0.1) is 12.5 Å². The van der Waals surface area contributed by atoms with E-state index in [-0.39, 0.29) is 35.4 Å². The maximum Gasteiger partial charge on any atom is 0.310 e. The molecule has 3 nitrogen and oxygen atoms in total. The van der Waals surface area contributed by atoms with Crippen molar-refractivity contribution >= 4 is 11.8 Å². The summed E-state index contributed by atoms with van der Waals surface area (Å²) in [6.07, 6.45) is 5.08. The molecule has 0 N–H and O–H groups in total. The Hall–Kier alpha value is -1.12. The third-order valence-electron chi connectivity index (χ3n) is 3.49. The number of ether oxygens (including phenoxy) is 1. The molecular weight excluding hydrogens is 192 g/mol. The van der Waals surface area contributed by atoms with Gasteiger partial charge in [-0.2, -0.15) is 0 Å². The Balaban J connectivity index is 2.19. The van der Waals surface area contributed by atoms with Crippen LogP contribution >= 0.6 is 0 Å². The van der Waals surface area contributed by atoms with Crippen LogP contribution in [0, 0.1) is 23.7 Å². The van der Waals surface area contributed by atoms with Crippen LogP contribution in [-0.2, 0) is 14.3 Å². The fourth-order valence-electron chi connectivity index (χ4n) is 2.94. The van der Waals surface area contributed by atoms with Gasteiger partial charge in [0.15, 0.2) is 0 Å². The molecule has 82 valence electrons. The number of carbonyl (C=O) groups is 2. The van der Waals surface area contributed by atoms with E-state index in [1.54, 1.807) is 13.8 Å². The number of hydrogen-bond donors (Lipinski definition) is 0. The van der Waals surface area contributed by atoms with Crippen LogP contribution in [0.3, 0.4) is 0 Å². The van der Waals surface area contributed by atoms with Crippen molar-refractivity contribution in [2.24, 2.45) is 23.7 Å². The molecule has 2 bridgehead atoms. The van der Waals surface area contributed by atoms with E-state index < -0.39 is 0 Å². The van der Waals surface area contributed by atoms with E-state index in [1.807, 2.05) is 0 Å². The van der Waals surface area contributed by atoms with Crippen molar-refractivity contribution in [3.8, 4) is 0 Å². The Bertz CT molecular complexity index is 319. The largest absolute Gasteiger partial charge is 0.466 e. The topological polar surface area (TPSA) is 43.4 Å². The van der Waals surface area contributed by atoms with E-state index in [9.17, 15) is 9.59 Å². The number of carbonyl (C=O) groups excluding carboxylic acids is 2. The summed E-state index contributed by atoms with van der Waals surface area (Å²) in [4.78, 5) is 23.3. The van der Waals surface area contributed by atoms with Crippen LogP contribution in [0.25, 0.3) is 0 Å². The molecule has 15 heavy (non-hydrogen) atoms. The summed E-state index contributed by atoms with van der Waals surface area (Å²) < 4.78 is 5.03. The molecular formula is C12H16O3. The van der Waals surface area contributed by atoms with E-state index in [1.165, 1.54) is 0 Å². The quantitative estimate of drug-likeness (QED) is 0.522. The molecule has 0 saturated heterocycles. The first kappa shape index (κ1) is 10.4. The average molecular weight is 208 g/mol. The van der Waals surface area contributed by atoms with Gasteiger partial charge in [-0.3, -0.25) is 9.59 Å². The van der Waals surface area contributed by atoms with Crippen LogP contribution in [0.5, 0.6) is 0 Å². The van der Waals surface area contributed by atoms with Gasteiger partial charge < -0.3 is 4.74 Å². The van der Waals surface area contributed by atoms with Crippen LogP contribution in [0.15, 0.2) is 12.2 Å². The number of ketones is 1. The minimum absolute atomic E-state index is 0.116. The first-order valence-corrected chi connectivity index (χ1v) is 5.50. The zero-order chi connectivity index (χ0) is 11.0. The predicted molar refractivity (Wildman–Crippen MR) is 55.0 cm³/mol. The number of hydrogen-bond acceptors (Lipinski definition) is 3. The van der Waals surface area contributed by atoms with Crippen molar-refractivity contribution in [3.05, 3.63) is 12.2 Å². The molecule has 2 rings (SSSR count). The molecule has 2 aliphatic carbocycles. The van der Waals surface area contributed by atoms with Gasteiger partial charge in [0, 0.05) is 5.92 Å². The summed E-state index contributed by atoms with van der Waals surface area (Å²) in [5, 5.41) is 0. The summed E-state index contributed by atoms with van der Waals surface area (Å²) >= 11 is 0. The molecule has 1 saturated carbocycles. The molecule has 2 aliphatic rings. The number of fused-ring (bicyclic) bond motifs is 2. The van der Waals surface area contributed by atoms with Crippen molar-refractivity contribution in [2.75, 3.05) is 6.61 Å². The second kappa shape index (κ2) is 3.80. The van der Waals surface area contributed by atoms with Gasteiger partial charge in [-0.15, -0.1) is 0 Å². The zero-order valence-corrected chi connectivity index (χ0v) is 9.10. The highest BCUT2D eigenvalue weighted by molar-refractivity contribution is 5.87. The Morgan fingerprint density at radius 2 is 1.87 bits per heavy atom. The highest BCUT2D eigenvalue weighted by Gasteiger charge is 2.50. The zero-order valence-electron chi connectivity index (χ0n) is 9.10. The van der Waals surface area contributed by atoms with Crippen LogP contribution < -0.4 is 0 Å². The number of allylic oxidation sites excluding steroid dienone is 2. The average Bonchev–Trinajstić information content (AvgIpc) is 2.76. The standard InChI is InChI=1S/C12H16O3/c1-3-15-12(14)11-9-5-4-8(6-9)10(11)7(2)13/h4-5,8-11H,3,6H2,1-2H3/t8-,9+,10+,11-/m1/s1.